The van der Waals surface area contributed by atoms with Crippen molar-refractivity contribution in [3.05, 3.63) is 42.6 Å². The van der Waals surface area contributed by atoms with E-state index in [4.69, 9.17) is 19.9 Å². The van der Waals surface area contributed by atoms with E-state index >= 15 is 0 Å². The van der Waals surface area contributed by atoms with Crippen LogP contribution in [0.25, 0.3) is 10.9 Å². The largest absolute Gasteiger partial charge is 0.493 e. The predicted octanol–water partition coefficient (Wildman–Crippen LogP) is 2.27. The third-order valence-corrected chi connectivity index (χ3v) is 6.59. The molecular weight excluding hydrogens is 422 g/mol. The number of anilines is 1. The van der Waals surface area contributed by atoms with Crippen LogP contribution < -0.4 is 24.2 Å². The van der Waals surface area contributed by atoms with Gasteiger partial charge in [0.1, 0.15) is 0 Å². The van der Waals surface area contributed by atoms with Crippen molar-refractivity contribution in [2.75, 3.05) is 32.2 Å². The number of aryl methyl sites for hydroxylation is 1. The average Bonchev–Trinajstić information content (AvgIpc) is 3.12. The molecule has 0 aliphatic rings. The topological polar surface area (TPSA) is 113 Å². The van der Waals surface area contributed by atoms with Crippen molar-refractivity contribution in [3.63, 3.8) is 0 Å². The van der Waals surface area contributed by atoms with Gasteiger partial charge >= 0.3 is 0 Å². The summed E-state index contributed by atoms with van der Waals surface area (Å²) in [6.45, 7) is 0.00763. The first-order valence-electron chi connectivity index (χ1n) is 9.41. The Bertz CT molecular complexity index is 1190. The SMILES string of the molecule is COc1cc(S(=O)(=O)N(C(=O)CCN)c2ccc3c(ccn3C)c2)cc(OC)c1OC. The normalized spacial score (nSPS) is 11.4. The third-order valence-electron chi connectivity index (χ3n) is 4.86. The van der Waals surface area contributed by atoms with E-state index in [0.717, 1.165) is 15.2 Å². The van der Waals surface area contributed by atoms with Crippen molar-refractivity contribution < 1.29 is 27.4 Å². The van der Waals surface area contributed by atoms with E-state index in [2.05, 4.69) is 0 Å². The van der Waals surface area contributed by atoms with Gasteiger partial charge in [-0.3, -0.25) is 4.79 Å². The Morgan fingerprint density at radius 1 is 1.03 bits per heavy atom. The molecule has 1 aromatic heterocycles. The number of hydrogen-bond donors (Lipinski definition) is 1. The zero-order chi connectivity index (χ0) is 22.8. The van der Waals surface area contributed by atoms with Crippen LogP contribution in [0.3, 0.4) is 0 Å². The van der Waals surface area contributed by atoms with Crippen LogP contribution in [0.1, 0.15) is 6.42 Å². The summed E-state index contributed by atoms with van der Waals surface area (Å²) in [4.78, 5) is 12.7. The van der Waals surface area contributed by atoms with Crippen LogP contribution in [-0.4, -0.2) is 46.8 Å². The molecule has 2 aromatic carbocycles. The van der Waals surface area contributed by atoms with Gasteiger partial charge in [0.05, 0.1) is 31.9 Å². The molecule has 10 heteroatoms. The van der Waals surface area contributed by atoms with Crippen LogP contribution >= 0.6 is 0 Å². The highest BCUT2D eigenvalue weighted by molar-refractivity contribution is 7.93. The minimum absolute atomic E-state index is 0.00763. The molecule has 0 unspecified atom stereocenters. The van der Waals surface area contributed by atoms with Gasteiger partial charge in [-0.05, 0) is 24.3 Å². The van der Waals surface area contributed by atoms with Crippen LogP contribution in [0, 0.1) is 0 Å². The maximum Gasteiger partial charge on any atom is 0.271 e. The number of methoxy groups -OCH3 is 3. The molecule has 9 nitrogen and oxygen atoms in total. The lowest BCUT2D eigenvalue weighted by atomic mass is 10.2. The van der Waals surface area contributed by atoms with Gasteiger partial charge in [-0.2, -0.15) is 0 Å². The van der Waals surface area contributed by atoms with E-state index in [-0.39, 0.29) is 40.8 Å². The Morgan fingerprint density at radius 3 is 2.23 bits per heavy atom. The van der Waals surface area contributed by atoms with Gasteiger partial charge in [0.25, 0.3) is 10.0 Å². The maximum absolute atomic E-state index is 13.6. The molecule has 0 radical (unpaired) electrons. The fourth-order valence-corrected chi connectivity index (χ4v) is 4.82. The van der Waals surface area contributed by atoms with Gasteiger partial charge in [0, 0.05) is 49.2 Å². The number of aromatic nitrogens is 1. The van der Waals surface area contributed by atoms with Crippen LogP contribution in [0.15, 0.2) is 47.5 Å². The summed E-state index contributed by atoms with van der Waals surface area (Å²) < 4.78 is 45.7. The van der Waals surface area contributed by atoms with Crippen molar-refractivity contribution in [1.29, 1.82) is 0 Å². The maximum atomic E-state index is 13.6. The number of sulfonamides is 1. The molecule has 166 valence electrons. The fourth-order valence-electron chi connectivity index (χ4n) is 3.35. The summed E-state index contributed by atoms with van der Waals surface area (Å²) in [6.07, 6.45) is 1.71. The lowest BCUT2D eigenvalue weighted by molar-refractivity contribution is -0.117. The number of nitrogens with two attached hydrogens (primary N) is 1. The zero-order valence-corrected chi connectivity index (χ0v) is 18.6. The molecule has 1 heterocycles. The minimum Gasteiger partial charge on any atom is -0.493 e. The first kappa shape index (κ1) is 22.4. The van der Waals surface area contributed by atoms with Gasteiger partial charge in [-0.1, -0.05) is 0 Å². The first-order valence-corrected chi connectivity index (χ1v) is 10.9. The van der Waals surface area contributed by atoms with E-state index in [9.17, 15) is 13.2 Å². The summed E-state index contributed by atoms with van der Waals surface area (Å²) in [6, 6.07) is 9.43. The number of ether oxygens (including phenoxy) is 3. The van der Waals surface area contributed by atoms with Crippen molar-refractivity contribution in [2.24, 2.45) is 12.8 Å². The van der Waals surface area contributed by atoms with Crippen LogP contribution in [0.2, 0.25) is 0 Å². The Balaban J connectivity index is 2.21. The summed E-state index contributed by atoms with van der Waals surface area (Å²) >= 11 is 0. The van der Waals surface area contributed by atoms with Crippen LogP contribution in [-0.2, 0) is 21.9 Å². The number of rotatable bonds is 8. The van der Waals surface area contributed by atoms with Crippen molar-refractivity contribution in [3.8, 4) is 17.2 Å². The van der Waals surface area contributed by atoms with Crippen LogP contribution in [0.4, 0.5) is 5.69 Å². The van der Waals surface area contributed by atoms with Crippen molar-refractivity contribution in [1.82, 2.24) is 4.57 Å². The Kier molecular flexibility index (Phi) is 6.42. The molecule has 0 aliphatic carbocycles. The standard InChI is InChI=1S/C21H25N3O6S/c1-23-10-8-14-11-15(5-6-17(14)23)24(20(25)7-9-22)31(26,27)16-12-18(28-2)21(30-4)19(13-16)29-3/h5-6,8,10-13H,7,9,22H2,1-4H3. The number of hydrogen-bond acceptors (Lipinski definition) is 7. The smallest absolute Gasteiger partial charge is 0.271 e. The molecule has 1 amide bonds. The monoisotopic (exact) mass is 447 g/mol. The highest BCUT2D eigenvalue weighted by Gasteiger charge is 2.32. The predicted molar refractivity (Wildman–Crippen MR) is 117 cm³/mol. The molecule has 31 heavy (non-hydrogen) atoms. The lowest BCUT2D eigenvalue weighted by Crippen LogP contribution is -2.38. The molecule has 0 saturated carbocycles. The Hall–Kier alpha value is -3.24. The molecule has 0 spiro atoms. The Morgan fingerprint density at radius 2 is 1.68 bits per heavy atom. The quantitative estimate of drug-likeness (QED) is 0.564. The van der Waals surface area contributed by atoms with Gasteiger partial charge in [0.2, 0.25) is 11.7 Å². The van der Waals surface area contributed by atoms with Crippen LogP contribution in [0.5, 0.6) is 17.2 Å². The number of amides is 1. The van der Waals surface area contributed by atoms with Gasteiger partial charge in [0.15, 0.2) is 11.5 Å². The van der Waals surface area contributed by atoms with E-state index in [1.54, 1.807) is 18.2 Å². The van der Waals surface area contributed by atoms with Gasteiger partial charge in [-0.25, -0.2) is 12.7 Å². The molecule has 0 bridgehead atoms. The molecule has 3 rings (SSSR count). The molecule has 0 atom stereocenters. The van der Waals surface area contributed by atoms with Gasteiger partial charge in [-0.15, -0.1) is 0 Å². The van der Waals surface area contributed by atoms with Crippen molar-refractivity contribution in [2.45, 2.75) is 11.3 Å². The molecule has 2 N–H and O–H groups in total. The number of carbonyl (C=O) groups is 1. The van der Waals surface area contributed by atoms with Crippen molar-refractivity contribution >= 4 is 32.5 Å². The number of benzene rings is 2. The zero-order valence-electron chi connectivity index (χ0n) is 17.8. The lowest BCUT2D eigenvalue weighted by Gasteiger charge is -2.24. The summed E-state index contributed by atoms with van der Waals surface area (Å²) in [7, 11) is 1.74. The second-order valence-corrected chi connectivity index (χ2v) is 8.52. The third kappa shape index (κ3) is 4.04. The summed E-state index contributed by atoms with van der Waals surface area (Å²) in [5.74, 6) is -0.0867. The molecule has 0 saturated heterocycles. The van der Waals surface area contributed by atoms with E-state index in [1.807, 2.05) is 23.9 Å². The number of fused-ring (bicyclic) bond motifs is 1. The molecule has 3 aromatic rings. The highest BCUT2D eigenvalue weighted by Crippen LogP contribution is 2.41. The Labute approximate surface area is 181 Å². The second kappa shape index (κ2) is 8.86. The number of nitrogens with zero attached hydrogens (tertiary/aromatic N) is 2. The van der Waals surface area contributed by atoms with E-state index in [1.165, 1.54) is 33.5 Å². The average molecular weight is 448 g/mol. The highest BCUT2D eigenvalue weighted by atomic mass is 32.2. The van der Waals surface area contributed by atoms with E-state index < -0.39 is 15.9 Å². The molecular formula is C21H25N3O6S. The fraction of sp³-hybridized carbons (Fsp3) is 0.286. The number of carbonyl (C=O) groups excluding carboxylic acids is 1. The molecule has 0 aliphatic heterocycles. The second-order valence-electron chi connectivity index (χ2n) is 6.73. The minimum atomic E-state index is -4.32. The summed E-state index contributed by atoms with van der Waals surface area (Å²) in [5.41, 5.74) is 6.66. The first-order chi connectivity index (χ1) is 14.8. The van der Waals surface area contributed by atoms with E-state index in [0.29, 0.717) is 0 Å². The van der Waals surface area contributed by atoms with Gasteiger partial charge < -0.3 is 24.5 Å². The summed E-state index contributed by atoms with van der Waals surface area (Å²) in [5, 5.41) is 0.797. The molecule has 0 fully saturated rings.